The molecular weight excluding hydrogens is 585 g/mol. The molecule has 1 fully saturated rings. The molecule has 12 nitrogen and oxygen atoms in total. The quantitative estimate of drug-likeness (QED) is 0.101. The summed E-state index contributed by atoms with van der Waals surface area (Å²) < 4.78 is 1.17. The Morgan fingerprint density at radius 2 is 2.10 bits per heavy atom. The number of thiazole rings is 1. The van der Waals surface area contributed by atoms with Crippen molar-refractivity contribution >= 4 is 84.9 Å². The molecule has 1 aromatic carbocycles. The van der Waals surface area contributed by atoms with Gasteiger partial charge in [-0.25, -0.2) is 9.78 Å². The first-order chi connectivity index (χ1) is 18.7. The molecule has 5 rings (SSSR count). The lowest BCUT2D eigenvalue weighted by molar-refractivity contribution is -0.150. The van der Waals surface area contributed by atoms with E-state index in [2.05, 4.69) is 15.5 Å². The molecule has 2 aliphatic heterocycles. The number of carboxylic acids is 1. The summed E-state index contributed by atoms with van der Waals surface area (Å²) in [5, 5.41) is 35.6. The number of nitrogens with zero attached hydrogens (tertiary/aromatic N) is 4. The summed E-state index contributed by atoms with van der Waals surface area (Å²) in [7, 11) is 0. The lowest BCUT2D eigenvalue weighted by Gasteiger charge is -2.49. The number of nitrogens with two attached hydrogens (primary N) is 1. The van der Waals surface area contributed by atoms with Crippen LogP contribution in [0, 0.1) is 11.3 Å². The number of benzene rings is 1. The minimum atomic E-state index is -1.31. The molecule has 0 aliphatic carbocycles. The first-order valence-corrected chi connectivity index (χ1v) is 14.7. The number of nitrogen functional groups attached to an aromatic ring is 1. The zero-order chi connectivity index (χ0) is 27.8. The Hall–Kier alpha value is -3.91. The van der Waals surface area contributed by atoms with Gasteiger partial charge >= 0.3 is 5.97 Å². The molecule has 2 aromatic heterocycles. The lowest BCUT2D eigenvalue weighted by atomic mass is 10.0. The van der Waals surface area contributed by atoms with E-state index in [1.54, 1.807) is 24.3 Å². The van der Waals surface area contributed by atoms with Crippen molar-refractivity contribution in [3.8, 4) is 6.07 Å². The molecule has 2 aliphatic rings. The highest BCUT2D eigenvalue weighted by molar-refractivity contribution is 8.02. The molecule has 0 saturated carbocycles. The Morgan fingerprint density at radius 1 is 1.33 bits per heavy atom. The van der Waals surface area contributed by atoms with E-state index in [1.807, 2.05) is 6.07 Å². The highest BCUT2D eigenvalue weighted by Gasteiger charge is 2.54. The maximum Gasteiger partial charge on any atom is 0.352 e. The summed E-state index contributed by atoms with van der Waals surface area (Å²) in [6, 6.07) is 7.85. The van der Waals surface area contributed by atoms with Gasteiger partial charge in [-0.05, 0) is 17.7 Å². The third-order valence-electron chi connectivity index (χ3n) is 5.87. The number of carbonyl (C=O) groups excluding carboxylic acids is 2. The number of aromatic nitrogens is 1. The van der Waals surface area contributed by atoms with Crippen molar-refractivity contribution < 1.29 is 24.7 Å². The van der Waals surface area contributed by atoms with Crippen LogP contribution >= 0.6 is 46.2 Å². The zero-order valence-corrected chi connectivity index (χ0v) is 22.7. The first kappa shape index (κ1) is 26.7. The van der Waals surface area contributed by atoms with E-state index in [0.29, 0.717) is 19.9 Å². The highest BCUT2D eigenvalue weighted by atomic mass is 32.2. The molecule has 0 radical (unpaired) electrons. The second-order valence-electron chi connectivity index (χ2n) is 8.13. The van der Waals surface area contributed by atoms with Crippen molar-refractivity contribution in [1.82, 2.24) is 15.2 Å². The van der Waals surface area contributed by atoms with E-state index in [1.165, 1.54) is 40.2 Å². The largest absolute Gasteiger partial charge is 0.477 e. The van der Waals surface area contributed by atoms with E-state index >= 15 is 0 Å². The number of carbonyl (C=O) groups is 3. The van der Waals surface area contributed by atoms with Crippen LogP contribution in [0.25, 0.3) is 10.1 Å². The van der Waals surface area contributed by atoms with Crippen LogP contribution in [-0.2, 0) is 14.4 Å². The molecule has 0 spiro atoms. The number of anilines is 1. The van der Waals surface area contributed by atoms with Gasteiger partial charge in [0.2, 0.25) is 5.43 Å². The summed E-state index contributed by atoms with van der Waals surface area (Å²) in [6.07, 6.45) is 0. The van der Waals surface area contributed by atoms with Crippen molar-refractivity contribution in [2.75, 3.05) is 17.2 Å². The average molecular weight is 601 g/mol. The number of fused-ring (bicyclic) bond motifs is 2. The molecule has 198 valence electrons. The normalized spacial score (nSPS) is 18.9. The standard InChI is InChI=1S/C23H16N6O6S4/c24-5-11-17(30)10-3-1-2-4-13(10)39-22(11)37-7-9-6-36-20-15(19(32)29(20)16(9)21(33)34)27-18(31)14(28-35)12-8-38-23(25)26-12/h1-4,8,15,20,35H,6-7H2,(H2,25,26)(H,27,31)(H,33,34)/b28-14-/t15-,20+/m1/s1. The maximum atomic E-state index is 13.0. The van der Waals surface area contributed by atoms with Gasteiger partial charge in [-0.3, -0.25) is 19.3 Å². The highest BCUT2D eigenvalue weighted by Crippen LogP contribution is 2.42. The van der Waals surface area contributed by atoms with Crippen molar-refractivity contribution in [2.45, 2.75) is 15.6 Å². The number of oxime groups is 1. The number of thioether (sulfide) groups is 2. The van der Waals surface area contributed by atoms with Gasteiger partial charge in [0.15, 0.2) is 10.8 Å². The number of rotatable bonds is 7. The number of carboxylic acid groups (broad SMARTS) is 1. The van der Waals surface area contributed by atoms with E-state index in [4.69, 9.17) is 5.73 Å². The van der Waals surface area contributed by atoms with Crippen LogP contribution in [0.1, 0.15) is 11.3 Å². The SMILES string of the molecule is N#Cc1c(SCC2=C(C(=O)O)N3C(=O)[C@@H](NC(=O)/C(=N\O)c4csc(N)n4)[C@@H]3SC2)sc2ccccc2c1=O. The minimum absolute atomic E-state index is 0.00598. The van der Waals surface area contributed by atoms with Crippen LogP contribution in [0.5, 0.6) is 0 Å². The van der Waals surface area contributed by atoms with Gasteiger partial charge < -0.3 is 21.4 Å². The number of nitriles is 1. The molecule has 2 atom stereocenters. The second kappa shape index (κ2) is 10.7. The van der Waals surface area contributed by atoms with Gasteiger partial charge in [-0.15, -0.1) is 46.2 Å². The van der Waals surface area contributed by atoms with Gasteiger partial charge in [-0.1, -0.05) is 17.3 Å². The van der Waals surface area contributed by atoms with Crippen molar-refractivity contribution in [1.29, 1.82) is 5.26 Å². The fraction of sp³-hybridized carbons (Fsp3) is 0.174. The summed E-state index contributed by atoms with van der Waals surface area (Å²) in [5.74, 6) is -2.43. The third kappa shape index (κ3) is 4.74. The summed E-state index contributed by atoms with van der Waals surface area (Å²) in [4.78, 5) is 55.7. The molecule has 4 heterocycles. The molecular formula is C23H16N6O6S4. The van der Waals surface area contributed by atoms with Crippen LogP contribution in [0.3, 0.4) is 0 Å². The Labute approximate surface area is 235 Å². The maximum absolute atomic E-state index is 13.0. The zero-order valence-electron chi connectivity index (χ0n) is 19.5. The van der Waals surface area contributed by atoms with Gasteiger partial charge in [-0.2, -0.15) is 5.26 Å². The van der Waals surface area contributed by atoms with Crippen LogP contribution in [-0.4, -0.2) is 66.6 Å². The Balaban J connectivity index is 1.36. The molecule has 2 amide bonds. The summed E-state index contributed by atoms with van der Waals surface area (Å²) >= 11 is 4.74. The van der Waals surface area contributed by atoms with Crippen LogP contribution in [0.2, 0.25) is 0 Å². The molecule has 16 heteroatoms. The van der Waals surface area contributed by atoms with Gasteiger partial charge in [0.25, 0.3) is 11.8 Å². The first-order valence-electron chi connectivity index (χ1n) is 11.0. The van der Waals surface area contributed by atoms with Gasteiger partial charge in [0, 0.05) is 27.0 Å². The monoisotopic (exact) mass is 600 g/mol. The smallest absolute Gasteiger partial charge is 0.352 e. The topological polar surface area (TPSA) is 199 Å². The summed E-state index contributed by atoms with van der Waals surface area (Å²) in [6.45, 7) is 0. The van der Waals surface area contributed by atoms with Crippen LogP contribution in [0.15, 0.2) is 55.1 Å². The number of aliphatic carboxylic acids is 1. The fourth-order valence-corrected chi connectivity index (χ4v) is 8.47. The van der Waals surface area contributed by atoms with Crippen molar-refractivity contribution in [3.63, 3.8) is 0 Å². The van der Waals surface area contributed by atoms with Crippen molar-refractivity contribution in [3.05, 3.63) is 62.4 Å². The molecule has 0 bridgehead atoms. The predicted octanol–water partition coefficient (Wildman–Crippen LogP) is 1.88. The summed E-state index contributed by atoms with van der Waals surface area (Å²) in [5.41, 5.74) is 5.03. The predicted molar refractivity (Wildman–Crippen MR) is 148 cm³/mol. The number of hydrogen-bond acceptors (Lipinski definition) is 13. The van der Waals surface area contributed by atoms with E-state index in [9.17, 15) is 34.8 Å². The fourth-order valence-electron chi connectivity index (χ4n) is 4.09. The Bertz CT molecular complexity index is 1710. The van der Waals surface area contributed by atoms with Crippen molar-refractivity contribution in [2.24, 2.45) is 5.16 Å². The molecule has 39 heavy (non-hydrogen) atoms. The molecule has 5 N–H and O–H groups in total. The molecule has 1 saturated heterocycles. The van der Waals surface area contributed by atoms with Gasteiger partial charge in [0.05, 0.1) is 4.21 Å². The minimum Gasteiger partial charge on any atom is -0.477 e. The molecule has 3 aromatic rings. The van der Waals surface area contributed by atoms with Crippen LogP contribution in [0.4, 0.5) is 5.13 Å². The van der Waals surface area contributed by atoms with E-state index in [0.717, 1.165) is 16.2 Å². The number of nitrogens with one attached hydrogen (secondary N) is 1. The third-order valence-corrected chi connectivity index (χ3v) is 10.4. The average Bonchev–Trinajstić information content (AvgIpc) is 3.35. The lowest BCUT2D eigenvalue weighted by Crippen LogP contribution is -2.71. The van der Waals surface area contributed by atoms with E-state index < -0.39 is 34.9 Å². The second-order valence-corrected chi connectivity index (χ2v) is 12.4. The Morgan fingerprint density at radius 3 is 2.77 bits per heavy atom. The Kier molecular flexibility index (Phi) is 7.32. The number of hydrogen-bond donors (Lipinski definition) is 4. The number of β-lactam (4-membered cyclic amide) rings is 1. The van der Waals surface area contributed by atoms with Gasteiger partial charge in [0.1, 0.15) is 34.4 Å². The van der Waals surface area contributed by atoms with Crippen LogP contribution < -0.4 is 16.5 Å². The van der Waals surface area contributed by atoms with E-state index in [-0.39, 0.29) is 39.0 Å². The number of amides is 2. The molecule has 0 unspecified atom stereocenters.